The molecule has 1 aromatic rings. The van der Waals surface area contributed by atoms with Gasteiger partial charge in [-0.05, 0) is 60.6 Å². The molecular formula is C18H25NO. The van der Waals surface area contributed by atoms with Gasteiger partial charge in [0.2, 0.25) is 5.91 Å². The smallest absolute Gasteiger partial charge is 0.224 e. The Morgan fingerprint density at radius 1 is 1.30 bits per heavy atom. The Bertz CT molecular complexity index is 494. The summed E-state index contributed by atoms with van der Waals surface area (Å²) in [7, 11) is 0. The van der Waals surface area contributed by atoms with Crippen LogP contribution in [0.2, 0.25) is 0 Å². The van der Waals surface area contributed by atoms with Crippen LogP contribution in [0.25, 0.3) is 0 Å². The molecule has 2 nitrogen and oxygen atoms in total. The van der Waals surface area contributed by atoms with Crippen molar-refractivity contribution < 1.29 is 4.79 Å². The monoisotopic (exact) mass is 271 g/mol. The Balaban J connectivity index is 1.57. The molecule has 1 aromatic carbocycles. The van der Waals surface area contributed by atoms with Crippen LogP contribution in [0.1, 0.15) is 57.4 Å². The van der Waals surface area contributed by atoms with E-state index in [1.54, 1.807) is 0 Å². The highest BCUT2D eigenvalue weighted by atomic mass is 16.1. The van der Waals surface area contributed by atoms with Gasteiger partial charge in [0.05, 0.1) is 0 Å². The fraction of sp³-hybridized carbons (Fsp3) is 0.611. The van der Waals surface area contributed by atoms with E-state index in [-0.39, 0.29) is 5.91 Å². The minimum atomic E-state index is 0.198. The lowest BCUT2D eigenvalue weighted by Crippen LogP contribution is -2.20. The van der Waals surface area contributed by atoms with E-state index in [0.29, 0.717) is 18.3 Å². The quantitative estimate of drug-likeness (QED) is 0.853. The summed E-state index contributed by atoms with van der Waals surface area (Å²) in [6.45, 7) is 4.35. The molecule has 0 aromatic heterocycles. The van der Waals surface area contributed by atoms with Gasteiger partial charge in [0.15, 0.2) is 0 Å². The van der Waals surface area contributed by atoms with Crippen LogP contribution in [0.15, 0.2) is 24.3 Å². The number of carbonyl (C=O) groups excluding carboxylic acids is 1. The van der Waals surface area contributed by atoms with Crippen LogP contribution in [0.4, 0.5) is 5.69 Å². The fourth-order valence-electron chi connectivity index (χ4n) is 4.05. The van der Waals surface area contributed by atoms with Crippen molar-refractivity contribution in [2.24, 2.45) is 17.8 Å². The van der Waals surface area contributed by atoms with Gasteiger partial charge in [-0.15, -0.1) is 0 Å². The Morgan fingerprint density at radius 3 is 2.80 bits per heavy atom. The Hall–Kier alpha value is -1.31. The summed E-state index contributed by atoms with van der Waals surface area (Å²) in [5, 5.41) is 3.08. The summed E-state index contributed by atoms with van der Waals surface area (Å²) in [5.74, 6) is 3.08. The molecule has 20 heavy (non-hydrogen) atoms. The number of anilines is 1. The van der Waals surface area contributed by atoms with Crippen LogP contribution in [-0.2, 0) is 4.79 Å². The zero-order valence-electron chi connectivity index (χ0n) is 12.6. The topological polar surface area (TPSA) is 29.1 Å². The average Bonchev–Trinajstić information content (AvgIpc) is 3.01. The van der Waals surface area contributed by atoms with Gasteiger partial charge in [-0.3, -0.25) is 4.79 Å². The van der Waals surface area contributed by atoms with Gasteiger partial charge in [0.1, 0.15) is 0 Å². The second-order valence-electron chi connectivity index (χ2n) is 6.97. The highest BCUT2D eigenvalue weighted by Crippen LogP contribution is 2.49. The molecule has 2 aliphatic rings. The van der Waals surface area contributed by atoms with E-state index in [2.05, 4.69) is 31.3 Å². The van der Waals surface area contributed by atoms with Gasteiger partial charge in [0, 0.05) is 12.1 Å². The van der Waals surface area contributed by atoms with Gasteiger partial charge in [-0.2, -0.15) is 0 Å². The average molecular weight is 271 g/mol. The van der Waals surface area contributed by atoms with Gasteiger partial charge in [-0.1, -0.05) is 32.4 Å². The summed E-state index contributed by atoms with van der Waals surface area (Å²) in [6, 6.07) is 8.24. The van der Waals surface area contributed by atoms with Gasteiger partial charge in [0.25, 0.3) is 0 Å². The van der Waals surface area contributed by atoms with Crippen LogP contribution >= 0.6 is 0 Å². The molecule has 0 saturated heterocycles. The molecule has 0 spiro atoms. The number of rotatable bonds is 4. The highest BCUT2D eigenvalue weighted by molar-refractivity contribution is 5.91. The number of benzene rings is 1. The van der Waals surface area contributed by atoms with Crippen LogP contribution in [-0.4, -0.2) is 5.91 Å². The highest BCUT2D eigenvalue weighted by Gasteiger charge is 2.40. The zero-order valence-corrected chi connectivity index (χ0v) is 12.6. The Kier molecular flexibility index (Phi) is 3.82. The number of nitrogens with one attached hydrogen (secondary N) is 1. The van der Waals surface area contributed by atoms with E-state index in [1.165, 1.54) is 31.2 Å². The number of hydrogen-bond acceptors (Lipinski definition) is 1. The molecule has 2 saturated carbocycles. The van der Waals surface area contributed by atoms with E-state index >= 15 is 0 Å². The Morgan fingerprint density at radius 2 is 2.15 bits per heavy atom. The molecule has 2 aliphatic carbocycles. The number of amides is 1. The SMILES string of the molecule is CC(C)c1cccc(NC(=O)CC2CC3CCC2C3)c1. The van der Waals surface area contributed by atoms with Crippen LogP contribution in [0, 0.1) is 17.8 Å². The first kappa shape index (κ1) is 13.7. The van der Waals surface area contributed by atoms with Crippen LogP contribution in [0.3, 0.4) is 0 Å². The molecule has 3 unspecified atom stereocenters. The third kappa shape index (κ3) is 2.89. The lowest BCUT2D eigenvalue weighted by atomic mass is 9.86. The molecule has 3 atom stereocenters. The minimum absolute atomic E-state index is 0.198. The van der Waals surface area contributed by atoms with Gasteiger partial charge >= 0.3 is 0 Å². The molecule has 1 amide bonds. The largest absolute Gasteiger partial charge is 0.326 e. The normalized spacial score (nSPS) is 28.1. The molecule has 1 N–H and O–H groups in total. The van der Waals surface area contributed by atoms with E-state index in [4.69, 9.17) is 0 Å². The second kappa shape index (κ2) is 5.59. The molecule has 2 heteroatoms. The summed E-state index contributed by atoms with van der Waals surface area (Å²) in [4.78, 5) is 12.2. The number of hydrogen-bond donors (Lipinski definition) is 1. The summed E-state index contributed by atoms with van der Waals surface area (Å²) >= 11 is 0. The maximum atomic E-state index is 12.2. The molecule has 0 aliphatic heterocycles. The zero-order chi connectivity index (χ0) is 14.1. The second-order valence-corrected chi connectivity index (χ2v) is 6.97. The predicted octanol–water partition coefficient (Wildman–Crippen LogP) is 4.57. The predicted molar refractivity (Wildman–Crippen MR) is 82.7 cm³/mol. The van der Waals surface area contributed by atoms with Crippen molar-refractivity contribution in [1.82, 2.24) is 0 Å². The van der Waals surface area contributed by atoms with Crippen molar-refractivity contribution in [3.8, 4) is 0 Å². The molecular weight excluding hydrogens is 246 g/mol. The van der Waals surface area contributed by atoms with Crippen LogP contribution < -0.4 is 5.32 Å². The minimum Gasteiger partial charge on any atom is -0.326 e. The molecule has 2 fully saturated rings. The Labute approximate surface area is 122 Å². The fourth-order valence-corrected chi connectivity index (χ4v) is 4.05. The first-order chi connectivity index (χ1) is 9.61. The third-order valence-electron chi connectivity index (χ3n) is 5.17. The van der Waals surface area contributed by atoms with Crippen LogP contribution in [0.5, 0.6) is 0 Å². The maximum Gasteiger partial charge on any atom is 0.224 e. The van der Waals surface area contributed by atoms with E-state index in [0.717, 1.165) is 17.5 Å². The number of fused-ring (bicyclic) bond motifs is 2. The first-order valence-corrected chi connectivity index (χ1v) is 8.01. The summed E-state index contributed by atoms with van der Waals surface area (Å²) in [5.41, 5.74) is 2.23. The van der Waals surface area contributed by atoms with Crippen molar-refractivity contribution in [2.45, 2.75) is 51.9 Å². The van der Waals surface area contributed by atoms with Crippen molar-refractivity contribution in [3.63, 3.8) is 0 Å². The summed E-state index contributed by atoms with van der Waals surface area (Å²) < 4.78 is 0. The maximum absolute atomic E-state index is 12.2. The number of carbonyl (C=O) groups is 1. The van der Waals surface area contributed by atoms with Crippen molar-refractivity contribution in [2.75, 3.05) is 5.32 Å². The van der Waals surface area contributed by atoms with Gasteiger partial charge in [-0.25, -0.2) is 0 Å². The molecule has 0 radical (unpaired) electrons. The molecule has 108 valence electrons. The van der Waals surface area contributed by atoms with E-state index in [1.807, 2.05) is 12.1 Å². The molecule has 0 heterocycles. The van der Waals surface area contributed by atoms with Gasteiger partial charge < -0.3 is 5.32 Å². The molecule has 3 rings (SSSR count). The van der Waals surface area contributed by atoms with Crippen molar-refractivity contribution in [1.29, 1.82) is 0 Å². The van der Waals surface area contributed by atoms with Crippen molar-refractivity contribution >= 4 is 11.6 Å². The summed E-state index contributed by atoms with van der Waals surface area (Å²) in [6.07, 6.45) is 6.13. The molecule has 2 bridgehead atoms. The standard InChI is InChI=1S/C18H25NO/c1-12(2)14-4-3-5-17(10-14)19-18(20)11-16-9-13-6-7-15(16)8-13/h3-5,10,12-13,15-16H,6-9,11H2,1-2H3,(H,19,20). The van der Waals surface area contributed by atoms with Crippen molar-refractivity contribution in [3.05, 3.63) is 29.8 Å². The first-order valence-electron chi connectivity index (χ1n) is 8.01. The lowest BCUT2D eigenvalue weighted by molar-refractivity contribution is -0.117. The van der Waals surface area contributed by atoms with E-state index < -0.39 is 0 Å². The lowest BCUT2D eigenvalue weighted by Gasteiger charge is -2.21. The third-order valence-corrected chi connectivity index (χ3v) is 5.17. The van der Waals surface area contributed by atoms with E-state index in [9.17, 15) is 4.79 Å².